The van der Waals surface area contributed by atoms with Gasteiger partial charge in [-0.25, -0.2) is 4.79 Å². The summed E-state index contributed by atoms with van der Waals surface area (Å²) in [5, 5.41) is 8.68. The molecule has 0 aliphatic rings. The van der Waals surface area contributed by atoms with Gasteiger partial charge in [-0.05, 0) is 63.3 Å². The molecule has 3 heteroatoms. The van der Waals surface area contributed by atoms with Crippen LogP contribution in [0.15, 0.2) is 47.6 Å². The lowest BCUT2D eigenvalue weighted by Gasteiger charge is -2.08. The first kappa shape index (κ1) is 18.8. The average Bonchev–Trinajstić information content (AvgIpc) is 2.50. The van der Waals surface area contributed by atoms with Gasteiger partial charge < -0.3 is 9.84 Å². The quantitative estimate of drug-likeness (QED) is 0.541. The second kappa shape index (κ2) is 9.67. The fraction of sp³-hybridized carbons (Fsp3) is 0.350. The second-order valence-electron chi connectivity index (χ2n) is 5.82. The van der Waals surface area contributed by atoms with Crippen LogP contribution in [0.4, 0.5) is 0 Å². The number of hydrogen-bond donors (Lipinski definition) is 1. The summed E-state index contributed by atoms with van der Waals surface area (Å²) in [7, 11) is 1.63. The number of benzene rings is 1. The summed E-state index contributed by atoms with van der Waals surface area (Å²) in [6, 6.07) is 5.75. The monoisotopic (exact) mass is 314 g/mol. The van der Waals surface area contributed by atoms with E-state index in [2.05, 4.69) is 32.9 Å². The Morgan fingerprint density at radius 2 is 1.96 bits per heavy atom. The summed E-state index contributed by atoms with van der Waals surface area (Å²) >= 11 is 0. The number of methoxy groups -OCH3 is 1. The lowest BCUT2D eigenvalue weighted by Crippen LogP contribution is -1.93. The van der Waals surface area contributed by atoms with Crippen LogP contribution in [0, 0.1) is 0 Å². The number of carboxylic acid groups (broad SMARTS) is 1. The van der Waals surface area contributed by atoms with Crippen LogP contribution in [0.5, 0.6) is 5.75 Å². The molecular formula is C20H26O3. The third kappa shape index (κ3) is 7.50. The van der Waals surface area contributed by atoms with Gasteiger partial charge in [-0.3, -0.25) is 0 Å². The topological polar surface area (TPSA) is 46.5 Å². The van der Waals surface area contributed by atoms with Crippen LogP contribution in [-0.2, 0) is 11.2 Å². The predicted octanol–water partition coefficient (Wildman–Crippen LogP) is 5.03. The lowest BCUT2D eigenvalue weighted by molar-refractivity contribution is -0.131. The molecule has 0 bridgehead atoms. The van der Waals surface area contributed by atoms with Crippen LogP contribution in [0.2, 0.25) is 0 Å². The Labute approximate surface area is 139 Å². The molecule has 0 spiro atoms. The fourth-order valence-electron chi connectivity index (χ4n) is 2.18. The Kier molecular flexibility index (Phi) is 7.89. The Hall–Kier alpha value is -2.29. The standard InChI is InChI=1S/C20H26O3/c1-15(2)6-5-7-16(3)8-11-18-12-9-17(10-13-20(21)22)14-19(18)23-4/h6,8-10,12-14H,5,7,11H2,1-4H3,(H,21,22). The SMILES string of the molecule is COc1cc(C=CC(=O)O)ccc1CC=C(C)CCC=C(C)C. The van der Waals surface area contributed by atoms with Gasteiger partial charge in [0.1, 0.15) is 5.75 Å². The molecule has 124 valence electrons. The van der Waals surface area contributed by atoms with Crippen molar-refractivity contribution in [2.75, 3.05) is 7.11 Å². The maximum Gasteiger partial charge on any atom is 0.328 e. The van der Waals surface area contributed by atoms with Crippen molar-refractivity contribution in [1.82, 2.24) is 0 Å². The van der Waals surface area contributed by atoms with Gasteiger partial charge in [0, 0.05) is 6.08 Å². The van der Waals surface area contributed by atoms with Gasteiger partial charge >= 0.3 is 5.97 Å². The molecule has 0 aromatic heterocycles. The summed E-state index contributed by atoms with van der Waals surface area (Å²) in [5.74, 6) is -0.172. The molecule has 23 heavy (non-hydrogen) atoms. The molecule has 1 aromatic carbocycles. The number of ether oxygens (including phenoxy) is 1. The van der Waals surface area contributed by atoms with E-state index in [9.17, 15) is 4.79 Å². The van der Waals surface area contributed by atoms with Crippen LogP contribution in [-0.4, -0.2) is 18.2 Å². The van der Waals surface area contributed by atoms with E-state index in [1.54, 1.807) is 13.2 Å². The molecule has 3 nitrogen and oxygen atoms in total. The van der Waals surface area contributed by atoms with E-state index in [1.807, 2.05) is 18.2 Å². The van der Waals surface area contributed by atoms with E-state index in [1.165, 1.54) is 11.1 Å². The first-order valence-corrected chi connectivity index (χ1v) is 7.79. The molecule has 0 aliphatic heterocycles. The van der Waals surface area contributed by atoms with Crippen LogP contribution < -0.4 is 4.74 Å². The molecule has 1 N–H and O–H groups in total. The molecule has 0 saturated carbocycles. The van der Waals surface area contributed by atoms with Gasteiger partial charge in [0.2, 0.25) is 0 Å². The van der Waals surface area contributed by atoms with E-state index in [0.717, 1.165) is 42.2 Å². The Balaban J connectivity index is 2.76. The zero-order chi connectivity index (χ0) is 17.2. The highest BCUT2D eigenvalue weighted by molar-refractivity contribution is 5.85. The highest BCUT2D eigenvalue weighted by atomic mass is 16.5. The van der Waals surface area contributed by atoms with Gasteiger partial charge in [-0.2, -0.15) is 0 Å². The number of carbonyl (C=O) groups is 1. The molecule has 1 aromatic rings. The smallest absolute Gasteiger partial charge is 0.328 e. The highest BCUT2D eigenvalue weighted by Crippen LogP contribution is 2.22. The maximum atomic E-state index is 10.6. The van der Waals surface area contributed by atoms with E-state index in [0.29, 0.717) is 0 Å². The van der Waals surface area contributed by atoms with Crippen molar-refractivity contribution in [3.63, 3.8) is 0 Å². The van der Waals surface area contributed by atoms with Crippen molar-refractivity contribution in [3.05, 3.63) is 58.7 Å². The van der Waals surface area contributed by atoms with Gasteiger partial charge in [-0.15, -0.1) is 0 Å². The van der Waals surface area contributed by atoms with Crippen molar-refractivity contribution >= 4 is 12.0 Å². The van der Waals surface area contributed by atoms with E-state index < -0.39 is 5.97 Å². The van der Waals surface area contributed by atoms with Gasteiger partial charge in [0.05, 0.1) is 7.11 Å². The summed E-state index contributed by atoms with van der Waals surface area (Å²) in [6.45, 7) is 6.38. The van der Waals surface area contributed by atoms with Crippen LogP contribution >= 0.6 is 0 Å². The van der Waals surface area contributed by atoms with Crippen LogP contribution in [0.25, 0.3) is 6.08 Å². The summed E-state index contributed by atoms with van der Waals surface area (Å²) in [4.78, 5) is 10.6. The van der Waals surface area contributed by atoms with Gasteiger partial charge in [-0.1, -0.05) is 35.4 Å². The second-order valence-corrected chi connectivity index (χ2v) is 5.82. The summed E-state index contributed by atoms with van der Waals surface area (Å²) in [6.07, 6.45) is 10.1. The Morgan fingerprint density at radius 3 is 2.57 bits per heavy atom. The third-order valence-electron chi connectivity index (χ3n) is 3.49. The van der Waals surface area contributed by atoms with Crippen molar-refractivity contribution in [3.8, 4) is 5.75 Å². The molecule has 1 rings (SSSR count). The lowest BCUT2D eigenvalue weighted by atomic mass is 10.0. The van der Waals surface area contributed by atoms with Gasteiger partial charge in [0.25, 0.3) is 0 Å². The Bertz CT molecular complexity index is 618. The van der Waals surface area contributed by atoms with Gasteiger partial charge in [0.15, 0.2) is 0 Å². The van der Waals surface area contributed by atoms with Crippen LogP contribution in [0.1, 0.15) is 44.7 Å². The zero-order valence-corrected chi connectivity index (χ0v) is 14.4. The molecule has 0 aliphatic carbocycles. The van der Waals surface area contributed by atoms with Crippen molar-refractivity contribution in [1.29, 1.82) is 0 Å². The molecule has 0 unspecified atom stereocenters. The molecule has 0 saturated heterocycles. The van der Waals surface area contributed by atoms with Crippen molar-refractivity contribution in [2.24, 2.45) is 0 Å². The molecular weight excluding hydrogens is 288 g/mol. The summed E-state index contributed by atoms with van der Waals surface area (Å²) in [5.41, 5.74) is 4.63. The number of aliphatic carboxylic acids is 1. The molecule has 0 fully saturated rings. The van der Waals surface area contributed by atoms with Crippen LogP contribution in [0.3, 0.4) is 0 Å². The Morgan fingerprint density at radius 1 is 1.22 bits per heavy atom. The molecule has 0 atom stereocenters. The first-order valence-electron chi connectivity index (χ1n) is 7.79. The largest absolute Gasteiger partial charge is 0.496 e. The minimum absolute atomic E-state index is 0.783. The zero-order valence-electron chi connectivity index (χ0n) is 14.4. The predicted molar refractivity (Wildman–Crippen MR) is 95.8 cm³/mol. The number of carboxylic acids is 1. The molecule has 0 amide bonds. The minimum Gasteiger partial charge on any atom is -0.496 e. The van der Waals surface area contributed by atoms with E-state index in [-0.39, 0.29) is 0 Å². The average molecular weight is 314 g/mol. The molecule has 0 heterocycles. The minimum atomic E-state index is -0.956. The first-order chi connectivity index (χ1) is 10.9. The van der Waals surface area contributed by atoms with E-state index in [4.69, 9.17) is 9.84 Å². The van der Waals surface area contributed by atoms with E-state index >= 15 is 0 Å². The summed E-state index contributed by atoms with van der Waals surface area (Å²) < 4.78 is 5.42. The maximum absolute atomic E-state index is 10.6. The van der Waals surface area contributed by atoms with Crippen molar-refractivity contribution in [2.45, 2.75) is 40.0 Å². The number of rotatable bonds is 8. The van der Waals surface area contributed by atoms with Crippen molar-refractivity contribution < 1.29 is 14.6 Å². The highest BCUT2D eigenvalue weighted by Gasteiger charge is 2.03. The normalized spacial score (nSPS) is 11.6. The fourth-order valence-corrected chi connectivity index (χ4v) is 2.18. The number of allylic oxidation sites excluding steroid dienone is 4. The molecule has 0 radical (unpaired) electrons. The number of hydrogen-bond acceptors (Lipinski definition) is 2. The third-order valence-corrected chi connectivity index (χ3v) is 3.49.